The van der Waals surface area contributed by atoms with Crippen molar-refractivity contribution >= 4 is 22.2 Å². The monoisotopic (exact) mass is 421 g/mol. The van der Waals surface area contributed by atoms with Crippen molar-refractivity contribution in [1.82, 2.24) is 3.96 Å². The minimum atomic E-state index is -4.81. The van der Waals surface area contributed by atoms with Crippen molar-refractivity contribution in [1.29, 1.82) is 5.26 Å². The van der Waals surface area contributed by atoms with E-state index in [4.69, 9.17) is 4.74 Å². The van der Waals surface area contributed by atoms with Gasteiger partial charge in [0.2, 0.25) is 0 Å². The number of benzene rings is 2. The van der Waals surface area contributed by atoms with E-state index in [2.05, 4.69) is 0 Å². The van der Waals surface area contributed by atoms with Gasteiger partial charge in [-0.25, -0.2) is 3.96 Å². The highest BCUT2D eigenvalue weighted by Crippen LogP contribution is 2.41. The zero-order chi connectivity index (χ0) is 20.8. The minimum absolute atomic E-state index is 0.270. The Hall–Kier alpha value is -3.32. The van der Waals surface area contributed by atoms with Gasteiger partial charge in [0.1, 0.15) is 11.8 Å². The van der Waals surface area contributed by atoms with E-state index in [9.17, 15) is 23.2 Å². The van der Waals surface area contributed by atoms with Crippen LogP contribution in [0.3, 0.4) is 0 Å². The van der Waals surface area contributed by atoms with Crippen LogP contribution in [0.2, 0.25) is 0 Å². The van der Waals surface area contributed by atoms with Crippen LogP contribution >= 0.6 is 11.5 Å². The summed E-state index contributed by atoms with van der Waals surface area (Å²) in [6.45, 7) is 0.499. The van der Waals surface area contributed by atoms with Crippen molar-refractivity contribution < 1.29 is 22.4 Å². The van der Waals surface area contributed by atoms with Crippen LogP contribution in [-0.2, 0) is 12.6 Å². The maximum absolute atomic E-state index is 15.1. The molecular weight excluding hydrogens is 410 g/mol. The number of anilines is 2. The normalized spacial score (nSPS) is 12.9. The van der Waals surface area contributed by atoms with Crippen molar-refractivity contribution in [3.05, 3.63) is 69.5 Å². The largest absolute Gasteiger partial charge is 0.493 e. The molecule has 29 heavy (non-hydrogen) atoms. The lowest BCUT2D eigenvalue weighted by atomic mass is 10.1. The fraction of sp³-hybridized carbons (Fsp3) is 0.158. The quantitative estimate of drug-likeness (QED) is 0.453. The Balaban J connectivity index is 1.84. The van der Waals surface area contributed by atoms with E-state index in [1.54, 1.807) is 24.3 Å². The standard InChI is InChI=1S/C19H11F4N3O2S/c20-19(21,22)14-3-1-2-4-15(14)25(23)18-13(10-24)17(27)26(29-18)12-6-5-11-7-8-28-16(11)9-12/h1-6,9H,7-8H2. The topological polar surface area (TPSA) is 58.3 Å². The number of hydrogen-bond donors (Lipinski definition) is 0. The molecule has 3 aromatic rings. The fourth-order valence-electron chi connectivity index (χ4n) is 3.04. The number of rotatable bonds is 3. The molecule has 148 valence electrons. The summed E-state index contributed by atoms with van der Waals surface area (Å²) in [6, 6.07) is 10.6. The first-order chi connectivity index (χ1) is 13.8. The molecular formula is C19H11F4N3O2S. The van der Waals surface area contributed by atoms with Crippen molar-refractivity contribution in [2.24, 2.45) is 0 Å². The number of alkyl halides is 3. The summed E-state index contributed by atoms with van der Waals surface area (Å²) >= 11 is 0.541. The van der Waals surface area contributed by atoms with Gasteiger partial charge in [0.25, 0.3) is 5.56 Å². The Morgan fingerprint density at radius 3 is 2.69 bits per heavy atom. The van der Waals surface area contributed by atoms with Gasteiger partial charge in [0, 0.05) is 12.5 Å². The third-order valence-corrected chi connectivity index (χ3v) is 5.51. The first-order valence-corrected chi connectivity index (χ1v) is 9.13. The van der Waals surface area contributed by atoms with E-state index < -0.39 is 33.6 Å². The molecule has 1 aromatic heterocycles. The van der Waals surface area contributed by atoms with Crippen molar-refractivity contribution in [3.63, 3.8) is 0 Å². The first-order valence-electron chi connectivity index (χ1n) is 8.36. The summed E-state index contributed by atoms with van der Waals surface area (Å²) in [5.74, 6) is 0.572. The van der Waals surface area contributed by atoms with Gasteiger partial charge in [-0.2, -0.15) is 23.6 Å². The second-order valence-corrected chi connectivity index (χ2v) is 7.10. The lowest BCUT2D eigenvalue weighted by Crippen LogP contribution is -2.15. The fourth-order valence-corrected chi connectivity index (χ4v) is 4.00. The van der Waals surface area contributed by atoms with Gasteiger partial charge in [-0.1, -0.05) is 22.7 Å². The molecule has 1 aliphatic rings. The Bertz CT molecular complexity index is 1190. The number of nitriles is 1. The van der Waals surface area contributed by atoms with Crippen LogP contribution in [0.4, 0.5) is 28.3 Å². The number of hydrogen-bond acceptors (Lipinski definition) is 5. The number of fused-ring (bicyclic) bond motifs is 1. The summed E-state index contributed by atoms with van der Waals surface area (Å²) in [5, 5.41) is 8.54. The van der Waals surface area contributed by atoms with Crippen LogP contribution in [0.25, 0.3) is 5.69 Å². The van der Waals surface area contributed by atoms with Crippen LogP contribution in [0.5, 0.6) is 5.75 Å². The molecule has 5 nitrogen and oxygen atoms in total. The molecule has 2 aromatic carbocycles. The summed E-state index contributed by atoms with van der Waals surface area (Å²) in [4.78, 5) is 12.6. The second-order valence-electron chi connectivity index (χ2n) is 6.17. The van der Waals surface area contributed by atoms with Crippen molar-refractivity contribution in [2.45, 2.75) is 12.6 Å². The highest BCUT2D eigenvalue weighted by atomic mass is 32.1. The molecule has 0 radical (unpaired) electrons. The van der Waals surface area contributed by atoms with E-state index in [0.29, 0.717) is 29.6 Å². The molecule has 0 saturated heterocycles. The average Bonchev–Trinajstić information content (AvgIpc) is 3.30. The maximum atomic E-state index is 15.1. The SMILES string of the molecule is N#Cc1c(N(F)c2ccccc2C(F)(F)F)sn(-c2ccc3c(c2)OCC3)c1=O. The molecule has 2 heterocycles. The minimum Gasteiger partial charge on any atom is -0.493 e. The number of aromatic nitrogens is 1. The molecule has 0 amide bonds. The number of halogens is 4. The molecule has 0 spiro atoms. The number of ether oxygens (including phenoxy) is 1. The van der Waals surface area contributed by atoms with E-state index in [1.165, 1.54) is 6.07 Å². The Morgan fingerprint density at radius 1 is 1.21 bits per heavy atom. The lowest BCUT2D eigenvalue weighted by Gasteiger charge is -2.17. The summed E-state index contributed by atoms with van der Waals surface area (Å²) in [5.41, 5.74) is -2.15. The van der Waals surface area contributed by atoms with Crippen LogP contribution in [0, 0.1) is 11.3 Å². The van der Waals surface area contributed by atoms with Crippen molar-refractivity contribution in [3.8, 4) is 17.5 Å². The van der Waals surface area contributed by atoms with Gasteiger partial charge < -0.3 is 4.74 Å². The zero-order valence-electron chi connectivity index (χ0n) is 14.5. The highest BCUT2D eigenvalue weighted by Gasteiger charge is 2.36. The Kier molecular flexibility index (Phi) is 4.55. The lowest BCUT2D eigenvalue weighted by molar-refractivity contribution is -0.137. The zero-order valence-corrected chi connectivity index (χ0v) is 15.4. The molecule has 1 aliphatic heterocycles. The van der Waals surface area contributed by atoms with E-state index in [1.807, 2.05) is 0 Å². The molecule has 4 rings (SSSR count). The number of nitrogens with zero attached hydrogens (tertiary/aromatic N) is 3. The molecule has 0 saturated carbocycles. The van der Waals surface area contributed by atoms with Crippen LogP contribution in [-0.4, -0.2) is 10.6 Å². The van der Waals surface area contributed by atoms with Gasteiger partial charge in [-0.15, -0.1) is 0 Å². The van der Waals surface area contributed by atoms with Crippen LogP contribution in [0.1, 0.15) is 16.7 Å². The second kappa shape index (κ2) is 6.93. The Morgan fingerprint density at radius 2 is 1.97 bits per heavy atom. The Labute approximate surface area is 165 Å². The van der Waals surface area contributed by atoms with Crippen LogP contribution < -0.4 is 15.4 Å². The molecule has 0 fully saturated rings. The maximum Gasteiger partial charge on any atom is 0.418 e. The van der Waals surface area contributed by atoms with E-state index >= 15 is 4.48 Å². The predicted molar refractivity (Wildman–Crippen MR) is 98.5 cm³/mol. The van der Waals surface area contributed by atoms with Gasteiger partial charge in [0.15, 0.2) is 10.6 Å². The van der Waals surface area contributed by atoms with Gasteiger partial charge in [-0.05, 0) is 35.3 Å². The molecule has 0 N–H and O–H groups in total. The van der Waals surface area contributed by atoms with Crippen LogP contribution in [0.15, 0.2) is 47.3 Å². The van der Waals surface area contributed by atoms with Gasteiger partial charge >= 0.3 is 6.18 Å². The van der Waals surface area contributed by atoms with Gasteiger partial charge in [-0.3, -0.25) is 4.79 Å². The molecule has 0 unspecified atom stereocenters. The summed E-state index contributed by atoms with van der Waals surface area (Å²) in [6.07, 6.45) is -4.09. The number of para-hydroxylation sites is 1. The molecule has 0 aliphatic carbocycles. The molecule has 10 heteroatoms. The molecule has 0 atom stereocenters. The van der Waals surface area contributed by atoms with E-state index in [-0.39, 0.29) is 5.12 Å². The third kappa shape index (κ3) is 3.23. The smallest absolute Gasteiger partial charge is 0.418 e. The molecule has 0 bridgehead atoms. The summed E-state index contributed by atoms with van der Waals surface area (Å²) in [7, 11) is 0. The van der Waals surface area contributed by atoms with E-state index in [0.717, 1.165) is 34.1 Å². The summed E-state index contributed by atoms with van der Waals surface area (Å²) < 4.78 is 61.3. The third-order valence-electron chi connectivity index (χ3n) is 4.42. The average molecular weight is 421 g/mol. The van der Waals surface area contributed by atoms with Crippen molar-refractivity contribution in [2.75, 3.05) is 11.7 Å². The first kappa shape index (κ1) is 19.0. The van der Waals surface area contributed by atoms with Gasteiger partial charge in [0.05, 0.1) is 23.5 Å². The predicted octanol–water partition coefficient (Wildman–Crippen LogP) is 4.75. The highest BCUT2D eigenvalue weighted by molar-refractivity contribution is 7.11.